The van der Waals surface area contributed by atoms with Crippen molar-refractivity contribution in [2.75, 3.05) is 7.11 Å². The van der Waals surface area contributed by atoms with Crippen molar-refractivity contribution in [2.24, 2.45) is 0 Å². The first-order valence-corrected chi connectivity index (χ1v) is 7.58. The minimum atomic E-state index is -1.00. The van der Waals surface area contributed by atoms with Crippen molar-refractivity contribution < 1.29 is 19.4 Å². The highest BCUT2D eigenvalue weighted by Crippen LogP contribution is 2.26. The van der Waals surface area contributed by atoms with Crippen LogP contribution in [0, 0.1) is 0 Å². The summed E-state index contributed by atoms with van der Waals surface area (Å²) >= 11 is 6.64. The van der Waals surface area contributed by atoms with Gasteiger partial charge >= 0.3 is 5.97 Å². The van der Waals surface area contributed by atoms with E-state index in [0.29, 0.717) is 16.8 Å². The van der Waals surface area contributed by atoms with Crippen molar-refractivity contribution in [1.82, 2.24) is 0 Å². The molecule has 6 heteroatoms. The average molecular weight is 416 g/mol. The summed E-state index contributed by atoms with van der Waals surface area (Å²) < 4.78 is 12.2. The molecule has 0 fully saturated rings. The fourth-order valence-electron chi connectivity index (χ4n) is 1.71. The molecule has 2 rings (SSSR count). The summed E-state index contributed by atoms with van der Waals surface area (Å²) in [5.41, 5.74) is 1.08. The van der Waals surface area contributed by atoms with Crippen molar-refractivity contribution in [3.05, 3.63) is 56.5 Å². The van der Waals surface area contributed by atoms with Crippen LogP contribution in [0.2, 0.25) is 0 Å². The molecule has 4 nitrogen and oxygen atoms in total. The van der Waals surface area contributed by atoms with E-state index in [1.165, 1.54) is 6.07 Å². The van der Waals surface area contributed by atoms with Crippen molar-refractivity contribution in [1.29, 1.82) is 0 Å². The molecule has 0 spiro atoms. The number of carboxylic acid groups (broad SMARTS) is 1. The third-order valence-corrected chi connectivity index (χ3v) is 4.28. The van der Waals surface area contributed by atoms with E-state index in [0.717, 1.165) is 15.8 Å². The van der Waals surface area contributed by atoms with E-state index < -0.39 is 5.97 Å². The van der Waals surface area contributed by atoms with E-state index >= 15 is 0 Å². The molecular formula is C15H12Br2O4. The third-order valence-electron chi connectivity index (χ3n) is 2.82. The van der Waals surface area contributed by atoms with Crippen LogP contribution in [0.4, 0.5) is 0 Å². The van der Waals surface area contributed by atoms with Crippen LogP contribution in [-0.4, -0.2) is 18.2 Å². The molecule has 0 aromatic heterocycles. The molecule has 0 saturated carbocycles. The normalized spacial score (nSPS) is 10.2. The lowest BCUT2D eigenvalue weighted by Crippen LogP contribution is -2.01. The van der Waals surface area contributed by atoms with Crippen LogP contribution in [0.5, 0.6) is 11.5 Å². The Morgan fingerprint density at radius 1 is 1.10 bits per heavy atom. The minimum Gasteiger partial charge on any atom is -0.497 e. The molecule has 0 aliphatic carbocycles. The molecule has 0 heterocycles. The average Bonchev–Trinajstić information content (AvgIpc) is 2.47. The van der Waals surface area contributed by atoms with Gasteiger partial charge in [-0.2, -0.15) is 0 Å². The van der Waals surface area contributed by atoms with Gasteiger partial charge in [0, 0.05) is 14.5 Å². The Bertz CT molecular complexity index is 671. The van der Waals surface area contributed by atoms with E-state index in [2.05, 4.69) is 31.9 Å². The van der Waals surface area contributed by atoms with Crippen LogP contribution < -0.4 is 9.47 Å². The van der Waals surface area contributed by atoms with Crippen molar-refractivity contribution in [3.63, 3.8) is 0 Å². The molecule has 0 aliphatic heterocycles. The van der Waals surface area contributed by atoms with E-state index in [1.54, 1.807) is 19.2 Å². The molecule has 110 valence electrons. The van der Waals surface area contributed by atoms with E-state index in [9.17, 15) is 4.79 Å². The van der Waals surface area contributed by atoms with Gasteiger partial charge in [-0.05, 0) is 52.3 Å². The topological polar surface area (TPSA) is 55.8 Å². The summed E-state index contributed by atoms with van der Waals surface area (Å²) in [4.78, 5) is 11.1. The lowest BCUT2D eigenvalue weighted by molar-refractivity contribution is 0.0695. The monoisotopic (exact) mass is 414 g/mol. The van der Waals surface area contributed by atoms with Crippen LogP contribution in [0.25, 0.3) is 0 Å². The Labute approximate surface area is 139 Å². The summed E-state index contributed by atoms with van der Waals surface area (Å²) in [6.45, 7) is 0.304. The maximum atomic E-state index is 11.1. The highest BCUT2D eigenvalue weighted by atomic mass is 79.9. The number of benzene rings is 2. The van der Waals surface area contributed by atoms with Crippen molar-refractivity contribution in [2.45, 2.75) is 6.61 Å². The predicted octanol–water partition coefficient (Wildman–Crippen LogP) is 4.50. The zero-order chi connectivity index (χ0) is 15.4. The second kappa shape index (κ2) is 6.95. The Balaban J connectivity index is 2.16. The summed E-state index contributed by atoms with van der Waals surface area (Å²) in [6.07, 6.45) is 0. The number of halogens is 2. The van der Waals surface area contributed by atoms with Gasteiger partial charge < -0.3 is 14.6 Å². The van der Waals surface area contributed by atoms with Gasteiger partial charge in [0.25, 0.3) is 0 Å². The smallest absolute Gasteiger partial charge is 0.336 e. The molecule has 2 aromatic carbocycles. The molecule has 0 aliphatic rings. The van der Waals surface area contributed by atoms with Crippen molar-refractivity contribution >= 4 is 37.8 Å². The van der Waals surface area contributed by atoms with Gasteiger partial charge in [0.1, 0.15) is 18.1 Å². The first-order valence-electron chi connectivity index (χ1n) is 5.99. The van der Waals surface area contributed by atoms with Crippen LogP contribution in [0.15, 0.2) is 45.3 Å². The van der Waals surface area contributed by atoms with Crippen LogP contribution in [-0.2, 0) is 6.61 Å². The Morgan fingerprint density at radius 3 is 2.43 bits per heavy atom. The zero-order valence-corrected chi connectivity index (χ0v) is 14.3. The predicted molar refractivity (Wildman–Crippen MR) is 86.1 cm³/mol. The SMILES string of the molecule is COc1ccc(Br)c(COc2ccc(Br)c(C(=O)O)c2)c1. The van der Waals surface area contributed by atoms with E-state index in [4.69, 9.17) is 14.6 Å². The Morgan fingerprint density at radius 2 is 1.76 bits per heavy atom. The Kier molecular flexibility index (Phi) is 5.25. The number of aromatic carboxylic acids is 1. The third kappa shape index (κ3) is 3.98. The van der Waals surface area contributed by atoms with E-state index in [-0.39, 0.29) is 5.56 Å². The van der Waals surface area contributed by atoms with Gasteiger partial charge in [-0.15, -0.1) is 0 Å². The highest BCUT2D eigenvalue weighted by Gasteiger charge is 2.10. The molecular weight excluding hydrogens is 404 g/mol. The number of ether oxygens (including phenoxy) is 2. The number of hydrogen-bond acceptors (Lipinski definition) is 3. The first kappa shape index (κ1) is 15.9. The lowest BCUT2D eigenvalue weighted by Gasteiger charge is -2.10. The molecule has 2 aromatic rings. The van der Waals surface area contributed by atoms with Crippen molar-refractivity contribution in [3.8, 4) is 11.5 Å². The molecule has 0 atom stereocenters. The van der Waals surface area contributed by atoms with Gasteiger partial charge in [-0.3, -0.25) is 0 Å². The molecule has 1 N–H and O–H groups in total. The second-order valence-electron chi connectivity index (χ2n) is 4.19. The molecule has 0 amide bonds. The lowest BCUT2D eigenvalue weighted by atomic mass is 10.2. The largest absolute Gasteiger partial charge is 0.497 e. The minimum absolute atomic E-state index is 0.164. The fraction of sp³-hybridized carbons (Fsp3) is 0.133. The molecule has 21 heavy (non-hydrogen) atoms. The summed E-state index contributed by atoms with van der Waals surface area (Å²) in [5.74, 6) is 0.221. The van der Waals surface area contributed by atoms with Gasteiger partial charge in [-0.1, -0.05) is 15.9 Å². The maximum Gasteiger partial charge on any atom is 0.336 e. The highest BCUT2D eigenvalue weighted by molar-refractivity contribution is 9.10. The summed E-state index contributed by atoms with van der Waals surface area (Å²) in [7, 11) is 1.60. The van der Waals surface area contributed by atoms with Gasteiger partial charge in [0.2, 0.25) is 0 Å². The van der Waals surface area contributed by atoms with Crippen LogP contribution in [0.3, 0.4) is 0 Å². The number of methoxy groups -OCH3 is 1. The molecule has 0 radical (unpaired) electrons. The fourth-order valence-corrected chi connectivity index (χ4v) is 2.49. The van der Waals surface area contributed by atoms with Crippen LogP contribution in [0.1, 0.15) is 15.9 Å². The molecule has 0 unspecified atom stereocenters. The number of carboxylic acids is 1. The summed E-state index contributed by atoms with van der Waals surface area (Å²) in [6, 6.07) is 10.4. The van der Waals surface area contributed by atoms with Gasteiger partial charge in [-0.25, -0.2) is 4.79 Å². The first-order chi connectivity index (χ1) is 10.0. The quantitative estimate of drug-likeness (QED) is 0.781. The standard InChI is InChI=1S/C15H12Br2O4/c1-20-10-2-4-13(16)9(6-10)8-21-11-3-5-14(17)12(7-11)15(18)19/h2-7H,8H2,1H3,(H,18,19). The van der Waals surface area contributed by atoms with Gasteiger partial charge in [0.15, 0.2) is 0 Å². The number of hydrogen-bond donors (Lipinski definition) is 1. The zero-order valence-electron chi connectivity index (χ0n) is 11.1. The molecule has 0 bridgehead atoms. The Hall–Kier alpha value is -1.53. The van der Waals surface area contributed by atoms with Crippen LogP contribution >= 0.6 is 31.9 Å². The number of rotatable bonds is 5. The van der Waals surface area contributed by atoms with E-state index in [1.807, 2.05) is 18.2 Å². The number of carbonyl (C=O) groups is 1. The second-order valence-corrected chi connectivity index (χ2v) is 5.90. The summed E-state index contributed by atoms with van der Waals surface area (Å²) in [5, 5.41) is 9.08. The maximum absolute atomic E-state index is 11.1. The molecule has 0 saturated heterocycles. The van der Waals surface area contributed by atoms with Gasteiger partial charge in [0.05, 0.1) is 12.7 Å².